The molecule has 0 spiro atoms. The van der Waals surface area contributed by atoms with Gasteiger partial charge in [-0.15, -0.1) is 0 Å². The number of anilines is 1. The maximum Gasteiger partial charge on any atom is 0.326 e. The van der Waals surface area contributed by atoms with Crippen molar-refractivity contribution in [2.24, 2.45) is 11.8 Å². The van der Waals surface area contributed by atoms with Gasteiger partial charge in [0, 0.05) is 5.69 Å². The lowest BCUT2D eigenvalue weighted by atomic mass is 9.81. The molecule has 2 aliphatic rings. The molecule has 1 aliphatic heterocycles. The molecule has 3 rings (SSSR count). The summed E-state index contributed by atoms with van der Waals surface area (Å²) in [6.07, 6.45) is 4.15. The van der Waals surface area contributed by atoms with Crippen LogP contribution in [0.2, 0.25) is 0 Å². The van der Waals surface area contributed by atoms with Crippen molar-refractivity contribution >= 4 is 29.4 Å². The van der Waals surface area contributed by atoms with Crippen LogP contribution >= 0.6 is 0 Å². The number of fused-ring (bicyclic) bond motifs is 1. The van der Waals surface area contributed by atoms with E-state index in [-0.39, 0.29) is 23.7 Å². The topological polar surface area (TPSA) is 92.8 Å². The Labute approximate surface area is 158 Å². The van der Waals surface area contributed by atoms with Crippen LogP contribution in [0.4, 0.5) is 5.69 Å². The highest BCUT2D eigenvalue weighted by Gasteiger charge is 2.48. The Kier molecular flexibility index (Phi) is 5.88. The van der Waals surface area contributed by atoms with E-state index in [0.29, 0.717) is 18.5 Å². The number of nitrogens with one attached hydrogen (secondary N) is 1. The van der Waals surface area contributed by atoms with Gasteiger partial charge in [-0.1, -0.05) is 31.9 Å². The van der Waals surface area contributed by atoms with E-state index < -0.39 is 25.0 Å². The van der Waals surface area contributed by atoms with Crippen LogP contribution < -0.4 is 5.32 Å². The van der Waals surface area contributed by atoms with Gasteiger partial charge in [-0.2, -0.15) is 0 Å². The van der Waals surface area contributed by atoms with Crippen molar-refractivity contribution in [3.05, 3.63) is 29.8 Å². The van der Waals surface area contributed by atoms with Gasteiger partial charge < -0.3 is 10.1 Å². The number of rotatable bonds is 6. The van der Waals surface area contributed by atoms with Gasteiger partial charge in [-0.25, -0.2) is 0 Å². The molecule has 27 heavy (non-hydrogen) atoms. The fourth-order valence-corrected chi connectivity index (χ4v) is 3.73. The van der Waals surface area contributed by atoms with Crippen LogP contribution in [0.3, 0.4) is 0 Å². The van der Waals surface area contributed by atoms with E-state index in [1.165, 1.54) is 0 Å². The van der Waals surface area contributed by atoms with Crippen molar-refractivity contribution in [2.45, 2.75) is 39.0 Å². The summed E-state index contributed by atoms with van der Waals surface area (Å²) in [7, 11) is 0. The Morgan fingerprint density at radius 1 is 1.07 bits per heavy atom. The Morgan fingerprint density at radius 2 is 1.67 bits per heavy atom. The molecule has 1 saturated heterocycles. The van der Waals surface area contributed by atoms with E-state index in [4.69, 9.17) is 4.74 Å². The van der Waals surface area contributed by atoms with Crippen molar-refractivity contribution in [3.8, 4) is 0 Å². The third kappa shape index (κ3) is 4.35. The predicted octanol–water partition coefficient (Wildman–Crippen LogP) is 1.91. The molecule has 7 heteroatoms. The van der Waals surface area contributed by atoms with E-state index in [1.807, 2.05) is 19.1 Å². The Hall–Kier alpha value is -2.70. The number of ether oxygens (including phenoxy) is 1. The highest BCUT2D eigenvalue weighted by Crippen LogP contribution is 2.37. The maximum absolute atomic E-state index is 12.3. The molecule has 144 valence electrons. The Balaban J connectivity index is 1.47. The van der Waals surface area contributed by atoms with Crippen LogP contribution in [0.15, 0.2) is 24.3 Å². The van der Waals surface area contributed by atoms with Gasteiger partial charge in [0.15, 0.2) is 6.61 Å². The third-order valence-corrected chi connectivity index (χ3v) is 5.23. The number of likely N-dealkylation sites (tertiary alicyclic amines) is 1. The van der Waals surface area contributed by atoms with Crippen molar-refractivity contribution in [1.82, 2.24) is 4.90 Å². The highest BCUT2D eigenvalue weighted by atomic mass is 16.5. The molecule has 7 nitrogen and oxygen atoms in total. The summed E-state index contributed by atoms with van der Waals surface area (Å²) in [6, 6.07) is 7.38. The summed E-state index contributed by atoms with van der Waals surface area (Å²) in [5, 5.41) is 2.64. The molecule has 2 atom stereocenters. The second kappa shape index (κ2) is 8.33. The van der Waals surface area contributed by atoms with E-state index in [9.17, 15) is 19.2 Å². The number of carbonyl (C=O) groups excluding carboxylic acids is 4. The standard InChI is InChI=1S/C20H24N2O5/c1-2-13-7-9-14(10-8-13)21-17(23)12-27-18(24)11-22-19(25)15-5-3-4-6-16(15)20(22)26/h7-10,15-16H,2-6,11-12H2,1H3,(H,21,23). The van der Waals surface area contributed by atoms with Gasteiger partial charge in [0.05, 0.1) is 11.8 Å². The lowest BCUT2D eigenvalue weighted by Gasteiger charge is -2.19. The number of benzene rings is 1. The molecular formula is C20H24N2O5. The first-order chi connectivity index (χ1) is 13.0. The van der Waals surface area contributed by atoms with Gasteiger partial charge in [-0.05, 0) is 37.0 Å². The zero-order valence-corrected chi connectivity index (χ0v) is 15.4. The fraction of sp³-hybridized carbons (Fsp3) is 0.500. The monoisotopic (exact) mass is 372 g/mol. The molecule has 1 heterocycles. The minimum atomic E-state index is -0.758. The zero-order valence-electron chi connectivity index (χ0n) is 15.4. The van der Waals surface area contributed by atoms with Crippen LogP contribution in [0, 0.1) is 11.8 Å². The average Bonchev–Trinajstić information content (AvgIpc) is 2.92. The highest BCUT2D eigenvalue weighted by molar-refractivity contribution is 6.07. The summed E-state index contributed by atoms with van der Waals surface area (Å²) in [5.74, 6) is -2.40. The molecule has 1 saturated carbocycles. The largest absolute Gasteiger partial charge is 0.454 e. The lowest BCUT2D eigenvalue weighted by molar-refractivity contribution is -0.154. The van der Waals surface area contributed by atoms with Crippen molar-refractivity contribution in [3.63, 3.8) is 0 Å². The molecule has 3 amide bonds. The lowest BCUT2D eigenvalue weighted by Crippen LogP contribution is -2.37. The molecule has 1 aromatic carbocycles. The van der Waals surface area contributed by atoms with Crippen molar-refractivity contribution in [1.29, 1.82) is 0 Å². The van der Waals surface area contributed by atoms with E-state index in [2.05, 4.69) is 5.32 Å². The normalized spacial score (nSPS) is 21.7. The van der Waals surface area contributed by atoms with Crippen LogP contribution in [-0.2, 0) is 30.3 Å². The van der Waals surface area contributed by atoms with E-state index >= 15 is 0 Å². The predicted molar refractivity (Wildman–Crippen MR) is 97.6 cm³/mol. The molecule has 0 radical (unpaired) electrons. The molecule has 1 aliphatic carbocycles. The Morgan fingerprint density at radius 3 is 2.22 bits per heavy atom. The third-order valence-electron chi connectivity index (χ3n) is 5.23. The number of esters is 1. The number of amides is 3. The minimum Gasteiger partial charge on any atom is -0.454 e. The molecule has 2 fully saturated rings. The van der Waals surface area contributed by atoms with E-state index in [1.54, 1.807) is 12.1 Å². The van der Waals surface area contributed by atoms with Gasteiger partial charge >= 0.3 is 5.97 Å². The SMILES string of the molecule is CCc1ccc(NC(=O)COC(=O)CN2C(=O)C3CCCCC3C2=O)cc1. The van der Waals surface area contributed by atoms with Crippen LogP contribution in [-0.4, -0.2) is 41.7 Å². The van der Waals surface area contributed by atoms with E-state index in [0.717, 1.165) is 29.7 Å². The number of nitrogens with zero attached hydrogens (tertiary/aromatic N) is 1. The first kappa shape index (κ1) is 19.1. The van der Waals surface area contributed by atoms with Crippen molar-refractivity contribution in [2.75, 3.05) is 18.5 Å². The molecular weight excluding hydrogens is 348 g/mol. The van der Waals surface area contributed by atoms with Crippen molar-refractivity contribution < 1.29 is 23.9 Å². The molecule has 1 N–H and O–H groups in total. The fourth-order valence-electron chi connectivity index (χ4n) is 3.73. The van der Waals surface area contributed by atoms with Crippen LogP contribution in [0.1, 0.15) is 38.2 Å². The second-order valence-electron chi connectivity index (χ2n) is 7.02. The second-order valence-corrected chi connectivity index (χ2v) is 7.02. The van der Waals surface area contributed by atoms with Gasteiger partial charge in [0.2, 0.25) is 11.8 Å². The van der Waals surface area contributed by atoms with Gasteiger partial charge in [0.25, 0.3) is 5.91 Å². The molecule has 1 aromatic rings. The number of imide groups is 1. The summed E-state index contributed by atoms with van der Waals surface area (Å²) >= 11 is 0. The van der Waals surface area contributed by atoms with Gasteiger partial charge in [-0.3, -0.25) is 24.1 Å². The number of aryl methyl sites for hydroxylation is 1. The average molecular weight is 372 g/mol. The van der Waals surface area contributed by atoms with Crippen LogP contribution in [0.25, 0.3) is 0 Å². The van der Waals surface area contributed by atoms with Gasteiger partial charge in [0.1, 0.15) is 6.54 Å². The molecule has 2 unspecified atom stereocenters. The summed E-state index contributed by atoms with van der Waals surface area (Å²) < 4.78 is 4.94. The minimum absolute atomic E-state index is 0.290. The number of hydrogen-bond acceptors (Lipinski definition) is 5. The maximum atomic E-state index is 12.3. The number of carbonyl (C=O) groups is 4. The summed E-state index contributed by atoms with van der Waals surface area (Å²) in [5.41, 5.74) is 1.77. The number of hydrogen-bond donors (Lipinski definition) is 1. The van der Waals surface area contributed by atoms with Crippen LogP contribution in [0.5, 0.6) is 0 Å². The zero-order chi connectivity index (χ0) is 19.4. The Bertz CT molecular complexity index is 719. The molecule has 0 aromatic heterocycles. The first-order valence-electron chi connectivity index (χ1n) is 9.39. The quantitative estimate of drug-likeness (QED) is 0.608. The molecule has 0 bridgehead atoms. The summed E-state index contributed by atoms with van der Waals surface area (Å²) in [6.45, 7) is 1.15. The summed E-state index contributed by atoms with van der Waals surface area (Å²) in [4.78, 5) is 49.6. The first-order valence-corrected chi connectivity index (χ1v) is 9.39. The smallest absolute Gasteiger partial charge is 0.326 e.